The van der Waals surface area contributed by atoms with Crippen molar-refractivity contribution in [1.82, 2.24) is 15.3 Å². The molecule has 0 radical (unpaired) electrons. The van der Waals surface area contributed by atoms with Crippen molar-refractivity contribution in [1.29, 1.82) is 0 Å². The van der Waals surface area contributed by atoms with E-state index in [-0.39, 0.29) is 18.3 Å². The zero-order chi connectivity index (χ0) is 15.4. The largest absolute Gasteiger partial charge is 0.484 e. The van der Waals surface area contributed by atoms with E-state index in [1.54, 1.807) is 0 Å². The van der Waals surface area contributed by atoms with Crippen molar-refractivity contribution in [2.45, 2.75) is 6.54 Å². The normalized spacial score (nSPS) is 10.6. The summed E-state index contributed by atoms with van der Waals surface area (Å²) in [6, 6.07) is 13.1. The lowest BCUT2D eigenvalue weighted by Crippen LogP contribution is -2.28. The van der Waals surface area contributed by atoms with Gasteiger partial charge in [-0.05, 0) is 36.4 Å². The first-order valence-electron chi connectivity index (χ1n) is 6.79. The molecule has 0 unspecified atom stereocenters. The number of nitrogens with zero attached hydrogens (tertiary/aromatic N) is 1. The van der Waals surface area contributed by atoms with Crippen LogP contribution in [0, 0.1) is 5.82 Å². The minimum absolute atomic E-state index is 0.133. The number of rotatable bonds is 5. The third kappa shape index (κ3) is 3.41. The number of fused-ring (bicyclic) bond motifs is 1. The second kappa shape index (κ2) is 6.26. The first-order valence-corrected chi connectivity index (χ1v) is 6.79. The maximum absolute atomic E-state index is 12.7. The van der Waals surface area contributed by atoms with E-state index in [4.69, 9.17) is 4.74 Å². The Morgan fingerprint density at radius 3 is 2.73 bits per heavy atom. The lowest BCUT2D eigenvalue weighted by Gasteiger charge is -2.06. The molecule has 0 spiro atoms. The maximum atomic E-state index is 12.7. The Morgan fingerprint density at radius 2 is 1.95 bits per heavy atom. The molecule has 0 aliphatic heterocycles. The number of ether oxygens (including phenoxy) is 1. The van der Waals surface area contributed by atoms with E-state index in [0.29, 0.717) is 18.1 Å². The fourth-order valence-electron chi connectivity index (χ4n) is 2.00. The number of aromatic amines is 1. The molecular weight excluding hydrogens is 285 g/mol. The molecule has 6 heteroatoms. The summed E-state index contributed by atoms with van der Waals surface area (Å²) >= 11 is 0. The quantitative estimate of drug-likeness (QED) is 0.760. The fraction of sp³-hybridized carbons (Fsp3) is 0.125. The van der Waals surface area contributed by atoms with Gasteiger partial charge in [-0.15, -0.1) is 0 Å². The number of carbonyl (C=O) groups is 1. The van der Waals surface area contributed by atoms with Crippen molar-refractivity contribution in [3.63, 3.8) is 0 Å². The molecule has 2 aromatic carbocycles. The molecule has 0 aliphatic rings. The smallest absolute Gasteiger partial charge is 0.258 e. The van der Waals surface area contributed by atoms with Gasteiger partial charge in [-0.25, -0.2) is 9.37 Å². The van der Waals surface area contributed by atoms with Crippen LogP contribution >= 0.6 is 0 Å². The molecular formula is C16H14FN3O2. The first kappa shape index (κ1) is 14.1. The van der Waals surface area contributed by atoms with Crippen molar-refractivity contribution in [3.05, 3.63) is 60.2 Å². The van der Waals surface area contributed by atoms with E-state index in [1.165, 1.54) is 24.3 Å². The summed E-state index contributed by atoms with van der Waals surface area (Å²) < 4.78 is 18.0. The van der Waals surface area contributed by atoms with E-state index in [9.17, 15) is 9.18 Å². The monoisotopic (exact) mass is 299 g/mol. The maximum Gasteiger partial charge on any atom is 0.258 e. The van der Waals surface area contributed by atoms with Gasteiger partial charge in [0.2, 0.25) is 0 Å². The number of hydrogen-bond acceptors (Lipinski definition) is 3. The molecule has 1 heterocycles. The Balaban J connectivity index is 1.50. The fourth-order valence-corrected chi connectivity index (χ4v) is 2.00. The second-order valence-electron chi connectivity index (χ2n) is 4.72. The molecule has 0 atom stereocenters. The number of aromatic nitrogens is 2. The number of carbonyl (C=O) groups excluding carboxylic acids is 1. The minimum Gasteiger partial charge on any atom is -0.484 e. The van der Waals surface area contributed by atoms with Crippen LogP contribution in [0.5, 0.6) is 5.75 Å². The van der Waals surface area contributed by atoms with Crippen LogP contribution in [0.3, 0.4) is 0 Å². The summed E-state index contributed by atoms with van der Waals surface area (Å²) in [5.74, 6) is 0.503. The number of H-pyrrole nitrogens is 1. The molecule has 0 aliphatic carbocycles. The van der Waals surface area contributed by atoms with Crippen molar-refractivity contribution >= 4 is 16.9 Å². The first-order chi connectivity index (χ1) is 10.7. The van der Waals surface area contributed by atoms with Crippen molar-refractivity contribution in [2.24, 2.45) is 0 Å². The summed E-state index contributed by atoms with van der Waals surface area (Å²) in [6.45, 7) is 0.159. The molecule has 22 heavy (non-hydrogen) atoms. The Morgan fingerprint density at radius 1 is 1.18 bits per heavy atom. The van der Waals surface area contributed by atoms with E-state index in [0.717, 1.165) is 11.0 Å². The third-order valence-electron chi connectivity index (χ3n) is 3.07. The highest BCUT2D eigenvalue weighted by Crippen LogP contribution is 2.11. The van der Waals surface area contributed by atoms with Gasteiger partial charge in [0.15, 0.2) is 6.61 Å². The van der Waals surface area contributed by atoms with E-state index in [1.807, 2.05) is 24.3 Å². The van der Waals surface area contributed by atoms with E-state index in [2.05, 4.69) is 15.3 Å². The summed E-state index contributed by atoms with van der Waals surface area (Å²) in [5, 5.41) is 2.71. The van der Waals surface area contributed by atoms with Gasteiger partial charge in [-0.2, -0.15) is 0 Å². The lowest BCUT2D eigenvalue weighted by atomic mass is 10.3. The Kier molecular flexibility index (Phi) is 4.00. The Bertz CT molecular complexity index is 750. The van der Waals surface area contributed by atoms with Crippen LogP contribution in [0.2, 0.25) is 0 Å². The molecule has 2 N–H and O–H groups in total. The molecule has 0 saturated carbocycles. The zero-order valence-corrected chi connectivity index (χ0v) is 11.7. The number of para-hydroxylation sites is 2. The standard InChI is InChI=1S/C16H14FN3O2/c17-11-5-7-12(8-6-11)22-10-16(21)18-9-15-19-13-3-1-2-4-14(13)20-15/h1-8H,9-10H2,(H,18,21)(H,19,20). The number of hydrogen-bond donors (Lipinski definition) is 2. The average Bonchev–Trinajstić information content (AvgIpc) is 2.95. The van der Waals surface area contributed by atoms with Crippen LogP contribution in [-0.2, 0) is 11.3 Å². The summed E-state index contributed by atoms with van der Waals surface area (Å²) in [6.07, 6.45) is 0. The van der Waals surface area contributed by atoms with Crippen molar-refractivity contribution in [2.75, 3.05) is 6.61 Å². The highest BCUT2D eigenvalue weighted by atomic mass is 19.1. The van der Waals surface area contributed by atoms with Gasteiger partial charge in [-0.1, -0.05) is 12.1 Å². The number of imidazole rings is 1. The topological polar surface area (TPSA) is 67.0 Å². The van der Waals surface area contributed by atoms with Gasteiger partial charge in [0, 0.05) is 0 Å². The Labute approximate surface area is 126 Å². The van der Waals surface area contributed by atoms with E-state index >= 15 is 0 Å². The number of nitrogens with one attached hydrogen (secondary N) is 2. The number of benzene rings is 2. The van der Waals surface area contributed by atoms with Crippen LogP contribution in [0.15, 0.2) is 48.5 Å². The van der Waals surface area contributed by atoms with Gasteiger partial charge in [-0.3, -0.25) is 4.79 Å². The molecule has 5 nitrogen and oxygen atoms in total. The molecule has 1 aromatic heterocycles. The minimum atomic E-state index is -0.346. The van der Waals surface area contributed by atoms with Crippen LogP contribution in [0.4, 0.5) is 4.39 Å². The number of amides is 1. The summed E-state index contributed by atoms with van der Waals surface area (Å²) in [5.41, 5.74) is 1.78. The predicted molar refractivity (Wildman–Crippen MR) is 79.8 cm³/mol. The molecule has 0 fully saturated rings. The molecule has 0 saturated heterocycles. The van der Waals surface area contributed by atoms with Gasteiger partial charge in [0.05, 0.1) is 17.6 Å². The summed E-state index contributed by atoms with van der Waals surface area (Å²) in [7, 11) is 0. The van der Waals surface area contributed by atoms with Gasteiger partial charge in [0.1, 0.15) is 17.4 Å². The summed E-state index contributed by atoms with van der Waals surface area (Å²) in [4.78, 5) is 19.2. The zero-order valence-electron chi connectivity index (χ0n) is 11.7. The van der Waals surface area contributed by atoms with Gasteiger partial charge in [0.25, 0.3) is 5.91 Å². The molecule has 1 amide bonds. The van der Waals surface area contributed by atoms with E-state index < -0.39 is 0 Å². The van der Waals surface area contributed by atoms with Gasteiger partial charge >= 0.3 is 0 Å². The van der Waals surface area contributed by atoms with Crippen LogP contribution in [-0.4, -0.2) is 22.5 Å². The molecule has 112 valence electrons. The highest BCUT2D eigenvalue weighted by Gasteiger charge is 2.06. The lowest BCUT2D eigenvalue weighted by molar-refractivity contribution is -0.123. The van der Waals surface area contributed by atoms with Crippen LogP contribution in [0.25, 0.3) is 11.0 Å². The predicted octanol–water partition coefficient (Wildman–Crippen LogP) is 2.40. The number of halogens is 1. The molecule has 3 rings (SSSR count). The van der Waals surface area contributed by atoms with Crippen molar-refractivity contribution < 1.29 is 13.9 Å². The second-order valence-corrected chi connectivity index (χ2v) is 4.72. The van der Waals surface area contributed by atoms with Crippen LogP contribution < -0.4 is 10.1 Å². The van der Waals surface area contributed by atoms with Crippen molar-refractivity contribution in [3.8, 4) is 5.75 Å². The SMILES string of the molecule is O=C(COc1ccc(F)cc1)NCc1nc2ccccc2[nH]1. The third-order valence-corrected chi connectivity index (χ3v) is 3.07. The Hall–Kier alpha value is -2.89. The van der Waals surface area contributed by atoms with Gasteiger partial charge < -0.3 is 15.0 Å². The molecule has 0 bridgehead atoms. The average molecular weight is 299 g/mol. The molecule has 3 aromatic rings. The van der Waals surface area contributed by atoms with Crippen LogP contribution in [0.1, 0.15) is 5.82 Å². The highest BCUT2D eigenvalue weighted by molar-refractivity contribution is 5.78.